The van der Waals surface area contributed by atoms with Crippen LogP contribution in [-0.2, 0) is 4.79 Å². The number of hydrogen-bond acceptors (Lipinski definition) is 3. The third-order valence-electron chi connectivity index (χ3n) is 4.17. The second-order valence-electron chi connectivity index (χ2n) is 6.03. The number of carbonyl (C=O) groups is 1. The van der Waals surface area contributed by atoms with Crippen LogP contribution in [0.15, 0.2) is 67.0 Å². The summed E-state index contributed by atoms with van der Waals surface area (Å²) in [7, 11) is 0. The molecule has 0 saturated carbocycles. The smallest absolute Gasteiger partial charge is 0.308 e. The Labute approximate surface area is 153 Å². The molecular weight excluding hydrogens is 350 g/mol. The second kappa shape index (κ2) is 6.64. The standard InChI is InChI=1S/C21H14F2N2O2/c1-13(26)27-17-6-4-16(5-7-17)25-12-24-20-10-14(2-9-21(20)25)18-8-3-15(22)11-19(18)23/h2-12H,1H3. The number of halogens is 2. The first kappa shape index (κ1) is 16.9. The Morgan fingerprint density at radius 3 is 2.48 bits per heavy atom. The van der Waals surface area contributed by atoms with Crippen molar-refractivity contribution >= 4 is 17.0 Å². The fourth-order valence-corrected chi connectivity index (χ4v) is 2.95. The van der Waals surface area contributed by atoms with Crippen molar-refractivity contribution in [2.75, 3.05) is 0 Å². The van der Waals surface area contributed by atoms with Gasteiger partial charge in [-0.05, 0) is 54.1 Å². The van der Waals surface area contributed by atoms with E-state index in [4.69, 9.17) is 4.74 Å². The molecule has 0 unspecified atom stereocenters. The monoisotopic (exact) mass is 364 g/mol. The highest BCUT2D eigenvalue weighted by atomic mass is 19.1. The molecule has 0 spiro atoms. The van der Waals surface area contributed by atoms with Gasteiger partial charge in [0.25, 0.3) is 0 Å². The zero-order valence-corrected chi connectivity index (χ0v) is 14.3. The summed E-state index contributed by atoms with van der Waals surface area (Å²) in [4.78, 5) is 15.4. The van der Waals surface area contributed by atoms with E-state index in [-0.39, 0.29) is 5.97 Å². The molecule has 27 heavy (non-hydrogen) atoms. The SMILES string of the molecule is CC(=O)Oc1ccc(-n2cnc3cc(-c4ccc(F)cc4F)ccc32)cc1. The number of esters is 1. The van der Waals surface area contributed by atoms with E-state index in [9.17, 15) is 13.6 Å². The maximum absolute atomic E-state index is 14.0. The highest BCUT2D eigenvalue weighted by molar-refractivity contribution is 5.83. The number of benzene rings is 3. The number of aromatic nitrogens is 2. The van der Waals surface area contributed by atoms with Gasteiger partial charge in [0.2, 0.25) is 0 Å². The summed E-state index contributed by atoms with van der Waals surface area (Å²) in [5.41, 5.74) is 3.30. The van der Waals surface area contributed by atoms with Crippen molar-refractivity contribution in [3.8, 4) is 22.6 Å². The predicted molar refractivity (Wildman–Crippen MR) is 97.7 cm³/mol. The van der Waals surface area contributed by atoms with E-state index in [0.29, 0.717) is 22.4 Å². The molecule has 4 rings (SSSR count). The Bertz CT molecular complexity index is 1150. The van der Waals surface area contributed by atoms with Crippen LogP contribution < -0.4 is 4.74 Å². The first-order valence-electron chi connectivity index (χ1n) is 8.22. The third-order valence-corrected chi connectivity index (χ3v) is 4.17. The summed E-state index contributed by atoms with van der Waals surface area (Å²) in [6, 6.07) is 15.9. The predicted octanol–water partition coefficient (Wildman–Crippen LogP) is 4.90. The topological polar surface area (TPSA) is 44.1 Å². The number of nitrogens with zero attached hydrogens (tertiary/aromatic N) is 2. The lowest BCUT2D eigenvalue weighted by Crippen LogP contribution is -2.01. The Kier molecular flexibility index (Phi) is 4.16. The lowest BCUT2D eigenvalue weighted by Gasteiger charge is -2.07. The highest BCUT2D eigenvalue weighted by Crippen LogP contribution is 2.28. The van der Waals surface area contributed by atoms with Crippen molar-refractivity contribution in [2.45, 2.75) is 6.92 Å². The lowest BCUT2D eigenvalue weighted by atomic mass is 10.0. The molecule has 6 heteroatoms. The maximum Gasteiger partial charge on any atom is 0.308 e. The summed E-state index contributed by atoms with van der Waals surface area (Å²) in [6.07, 6.45) is 1.66. The molecule has 0 atom stereocenters. The van der Waals surface area contributed by atoms with Gasteiger partial charge in [0, 0.05) is 24.2 Å². The van der Waals surface area contributed by atoms with Crippen molar-refractivity contribution in [3.63, 3.8) is 0 Å². The fraction of sp³-hybridized carbons (Fsp3) is 0.0476. The summed E-state index contributed by atoms with van der Waals surface area (Å²) >= 11 is 0. The first-order valence-corrected chi connectivity index (χ1v) is 8.22. The van der Waals surface area contributed by atoms with Crippen LogP contribution in [0.3, 0.4) is 0 Å². The van der Waals surface area contributed by atoms with Crippen LogP contribution in [0, 0.1) is 11.6 Å². The van der Waals surface area contributed by atoms with Crippen LogP contribution >= 0.6 is 0 Å². The van der Waals surface area contributed by atoms with E-state index in [0.717, 1.165) is 17.3 Å². The van der Waals surface area contributed by atoms with Crippen molar-refractivity contribution < 1.29 is 18.3 Å². The van der Waals surface area contributed by atoms with Crippen molar-refractivity contribution in [2.24, 2.45) is 0 Å². The van der Waals surface area contributed by atoms with Crippen molar-refractivity contribution in [1.82, 2.24) is 9.55 Å². The van der Waals surface area contributed by atoms with Crippen LogP contribution in [0.5, 0.6) is 5.75 Å². The summed E-state index contributed by atoms with van der Waals surface area (Å²) in [5, 5.41) is 0. The van der Waals surface area contributed by atoms with Crippen molar-refractivity contribution in [1.29, 1.82) is 0 Å². The summed E-state index contributed by atoms with van der Waals surface area (Å²) in [5.74, 6) is -1.14. The van der Waals surface area contributed by atoms with Gasteiger partial charge in [-0.3, -0.25) is 9.36 Å². The van der Waals surface area contributed by atoms with Crippen LogP contribution in [0.1, 0.15) is 6.92 Å². The fourth-order valence-electron chi connectivity index (χ4n) is 2.95. The molecule has 0 saturated heterocycles. The van der Waals surface area contributed by atoms with Crippen LogP contribution in [-0.4, -0.2) is 15.5 Å². The van der Waals surface area contributed by atoms with Gasteiger partial charge >= 0.3 is 5.97 Å². The zero-order chi connectivity index (χ0) is 19.0. The van der Waals surface area contributed by atoms with Crippen LogP contribution in [0.2, 0.25) is 0 Å². The molecule has 0 bridgehead atoms. The molecule has 0 radical (unpaired) electrons. The Hall–Kier alpha value is -3.54. The van der Waals surface area contributed by atoms with Gasteiger partial charge < -0.3 is 4.74 Å². The largest absolute Gasteiger partial charge is 0.427 e. The molecule has 0 N–H and O–H groups in total. The molecule has 1 aromatic heterocycles. The average molecular weight is 364 g/mol. The Balaban J connectivity index is 1.71. The third kappa shape index (κ3) is 3.29. The van der Waals surface area contributed by atoms with Crippen molar-refractivity contribution in [3.05, 3.63) is 78.6 Å². The number of hydrogen-bond donors (Lipinski definition) is 0. The number of imidazole rings is 1. The summed E-state index contributed by atoms with van der Waals surface area (Å²) in [6.45, 7) is 1.35. The van der Waals surface area contributed by atoms with E-state index in [2.05, 4.69) is 4.98 Å². The molecule has 4 aromatic rings. The molecule has 1 heterocycles. The van der Waals surface area contributed by atoms with Gasteiger partial charge in [-0.2, -0.15) is 0 Å². The van der Waals surface area contributed by atoms with Gasteiger partial charge in [-0.25, -0.2) is 13.8 Å². The van der Waals surface area contributed by atoms with Gasteiger partial charge in [0.15, 0.2) is 0 Å². The van der Waals surface area contributed by atoms with E-state index >= 15 is 0 Å². The normalized spacial score (nSPS) is 10.9. The second-order valence-corrected chi connectivity index (χ2v) is 6.03. The summed E-state index contributed by atoms with van der Waals surface area (Å²) < 4.78 is 34.1. The van der Waals surface area contributed by atoms with Gasteiger partial charge in [-0.15, -0.1) is 0 Å². The lowest BCUT2D eigenvalue weighted by molar-refractivity contribution is -0.131. The highest BCUT2D eigenvalue weighted by Gasteiger charge is 2.10. The van der Waals surface area contributed by atoms with Crippen LogP contribution in [0.4, 0.5) is 8.78 Å². The Morgan fingerprint density at radius 2 is 1.78 bits per heavy atom. The Morgan fingerprint density at radius 1 is 1.00 bits per heavy atom. The molecule has 3 aromatic carbocycles. The average Bonchev–Trinajstić information content (AvgIpc) is 3.05. The molecule has 0 aliphatic rings. The molecule has 0 amide bonds. The number of fused-ring (bicyclic) bond motifs is 1. The first-order chi connectivity index (χ1) is 13.0. The van der Waals surface area contributed by atoms with Crippen LogP contribution in [0.25, 0.3) is 27.8 Å². The maximum atomic E-state index is 14.0. The van der Waals surface area contributed by atoms with E-state index in [1.54, 1.807) is 30.6 Å². The molecule has 4 nitrogen and oxygen atoms in total. The zero-order valence-electron chi connectivity index (χ0n) is 14.3. The molecule has 0 aliphatic heterocycles. The van der Waals surface area contributed by atoms with Gasteiger partial charge in [0.05, 0.1) is 11.0 Å². The minimum absolute atomic E-state index is 0.318. The van der Waals surface area contributed by atoms with E-state index in [1.165, 1.54) is 19.1 Å². The molecule has 0 aliphatic carbocycles. The van der Waals surface area contributed by atoms with E-state index in [1.807, 2.05) is 22.8 Å². The molecule has 0 fully saturated rings. The number of ether oxygens (including phenoxy) is 1. The van der Waals surface area contributed by atoms with Gasteiger partial charge in [-0.1, -0.05) is 6.07 Å². The molecule has 134 valence electrons. The van der Waals surface area contributed by atoms with Gasteiger partial charge in [0.1, 0.15) is 23.7 Å². The number of rotatable bonds is 3. The quantitative estimate of drug-likeness (QED) is 0.384. The molecular formula is C21H14F2N2O2. The number of carbonyl (C=O) groups excluding carboxylic acids is 1. The minimum Gasteiger partial charge on any atom is -0.427 e. The van der Waals surface area contributed by atoms with E-state index < -0.39 is 11.6 Å². The minimum atomic E-state index is -0.616.